The third kappa shape index (κ3) is 4.56. The molecule has 3 N–H and O–H groups in total. The number of allylic oxidation sites excluding steroid dienone is 1. The van der Waals surface area contributed by atoms with E-state index in [0.29, 0.717) is 11.7 Å². The maximum Gasteiger partial charge on any atom is 0.249 e. The zero-order valence-corrected chi connectivity index (χ0v) is 14.8. The maximum absolute atomic E-state index is 11.9. The predicted octanol–water partition coefficient (Wildman–Crippen LogP) is 1.43. The molecule has 1 aromatic heterocycles. The van der Waals surface area contributed by atoms with Crippen molar-refractivity contribution in [1.82, 2.24) is 25.2 Å². The highest BCUT2D eigenvalue weighted by molar-refractivity contribution is 7.99. The molecule has 2 aromatic rings. The fraction of sp³-hybridized carbons (Fsp3) is 0.200. The summed E-state index contributed by atoms with van der Waals surface area (Å²) in [6, 6.07) is 9.74. The molecule has 0 atom stereocenters. The largest absolute Gasteiger partial charge is 0.375 e. The first-order valence-electron chi connectivity index (χ1n) is 7.08. The summed E-state index contributed by atoms with van der Waals surface area (Å²) in [5.41, 5.74) is 8.95. The molecule has 0 aliphatic carbocycles. The van der Waals surface area contributed by atoms with Gasteiger partial charge in [-0.2, -0.15) is 0 Å². The second kappa shape index (κ2) is 8.46. The van der Waals surface area contributed by atoms with Crippen LogP contribution < -0.4 is 11.2 Å². The summed E-state index contributed by atoms with van der Waals surface area (Å²) >= 11 is 6.05. The minimum absolute atomic E-state index is 0.0922. The summed E-state index contributed by atoms with van der Waals surface area (Å²) in [6.45, 7) is 4.32. The Morgan fingerprint density at radius 1 is 1.46 bits per heavy atom. The first-order valence-corrected chi connectivity index (χ1v) is 8.47. The number of nitrogens with zero attached hydrogens (tertiary/aromatic N) is 4. The summed E-state index contributed by atoms with van der Waals surface area (Å²) < 4.78 is 1.91. The molecular formula is C15H18N6OS2. The van der Waals surface area contributed by atoms with Crippen molar-refractivity contribution in [2.75, 3.05) is 12.8 Å². The number of thioether (sulfide) groups is 1. The zero-order valence-electron chi connectivity index (χ0n) is 13.2. The first kappa shape index (κ1) is 18.0. The Morgan fingerprint density at radius 3 is 2.79 bits per heavy atom. The number of carbonyl (C=O) groups is 1. The SMILES string of the molecule is C=CCn1c(SCC(=O)NN(C)C(N)=S)nnc1-c1ccccc1. The summed E-state index contributed by atoms with van der Waals surface area (Å²) in [5, 5.41) is 10.4. The number of hydrazine groups is 1. The molecule has 0 fully saturated rings. The van der Waals surface area contributed by atoms with Crippen LogP contribution in [0.4, 0.5) is 0 Å². The normalized spacial score (nSPS) is 10.2. The molecule has 0 saturated heterocycles. The Bertz CT molecular complexity index is 731. The average molecular weight is 362 g/mol. The average Bonchev–Trinajstić information content (AvgIpc) is 2.97. The van der Waals surface area contributed by atoms with Gasteiger partial charge in [-0.05, 0) is 12.2 Å². The molecule has 0 radical (unpaired) electrons. The van der Waals surface area contributed by atoms with E-state index < -0.39 is 0 Å². The van der Waals surface area contributed by atoms with Crippen LogP contribution in [0.3, 0.4) is 0 Å². The molecular weight excluding hydrogens is 344 g/mol. The van der Waals surface area contributed by atoms with Crippen LogP contribution in [-0.2, 0) is 11.3 Å². The van der Waals surface area contributed by atoms with Gasteiger partial charge in [-0.3, -0.25) is 19.8 Å². The minimum Gasteiger partial charge on any atom is -0.375 e. The van der Waals surface area contributed by atoms with Crippen molar-refractivity contribution >= 4 is 35.0 Å². The van der Waals surface area contributed by atoms with Gasteiger partial charge in [0, 0.05) is 19.2 Å². The Hall–Kier alpha value is -2.39. The van der Waals surface area contributed by atoms with E-state index in [4.69, 9.17) is 18.0 Å². The number of hydrogen-bond acceptors (Lipinski definition) is 5. The second-order valence-corrected chi connectivity index (χ2v) is 6.15. The topological polar surface area (TPSA) is 89.1 Å². The van der Waals surface area contributed by atoms with Crippen molar-refractivity contribution in [2.45, 2.75) is 11.7 Å². The summed E-state index contributed by atoms with van der Waals surface area (Å²) in [7, 11) is 1.58. The van der Waals surface area contributed by atoms with Gasteiger partial charge in [-0.25, -0.2) is 0 Å². The van der Waals surface area contributed by atoms with Gasteiger partial charge in [-0.15, -0.1) is 16.8 Å². The van der Waals surface area contributed by atoms with Gasteiger partial charge in [0.25, 0.3) is 0 Å². The van der Waals surface area contributed by atoms with Crippen molar-refractivity contribution in [3.63, 3.8) is 0 Å². The molecule has 0 bridgehead atoms. The molecule has 1 aromatic carbocycles. The number of rotatable bonds is 6. The fourth-order valence-corrected chi connectivity index (χ4v) is 2.68. The molecule has 0 unspecified atom stereocenters. The highest BCUT2D eigenvalue weighted by Gasteiger charge is 2.15. The number of benzene rings is 1. The van der Waals surface area contributed by atoms with Gasteiger partial charge in [0.2, 0.25) is 5.91 Å². The van der Waals surface area contributed by atoms with Crippen LogP contribution in [0.5, 0.6) is 0 Å². The summed E-state index contributed by atoms with van der Waals surface area (Å²) in [6.07, 6.45) is 1.76. The molecule has 1 amide bonds. The van der Waals surface area contributed by atoms with E-state index in [0.717, 1.165) is 11.4 Å². The number of carbonyl (C=O) groups excluding carboxylic acids is 1. The van der Waals surface area contributed by atoms with Gasteiger partial charge in [0.05, 0.1) is 5.75 Å². The number of hydrogen-bond donors (Lipinski definition) is 2. The third-order valence-electron chi connectivity index (χ3n) is 3.02. The van der Waals surface area contributed by atoms with Crippen LogP contribution in [0, 0.1) is 0 Å². The first-order chi connectivity index (χ1) is 11.5. The van der Waals surface area contributed by atoms with E-state index >= 15 is 0 Å². The van der Waals surface area contributed by atoms with Crippen molar-refractivity contribution < 1.29 is 4.79 Å². The van der Waals surface area contributed by atoms with Crippen molar-refractivity contribution in [3.8, 4) is 11.4 Å². The lowest BCUT2D eigenvalue weighted by Crippen LogP contribution is -2.46. The minimum atomic E-state index is -0.232. The Morgan fingerprint density at radius 2 is 2.17 bits per heavy atom. The van der Waals surface area contributed by atoms with Gasteiger partial charge in [0.1, 0.15) is 0 Å². The van der Waals surface area contributed by atoms with Crippen LogP contribution in [-0.4, -0.2) is 43.6 Å². The van der Waals surface area contributed by atoms with Gasteiger partial charge in [-0.1, -0.05) is 48.2 Å². The maximum atomic E-state index is 11.9. The van der Waals surface area contributed by atoms with Gasteiger partial charge >= 0.3 is 0 Å². The van der Waals surface area contributed by atoms with Crippen LogP contribution in [0.2, 0.25) is 0 Å². The Kier molecular flexibility index (Phi) is 6.33. The molecule has 2 rings (SSSR count). The molecule has 0 saturated carbocycles. The summed E-state index contributed by atoms with van der Waals surface area (Å²) in [5.74, 6) is 0.667. The van der Waals surface area contributed by atoms with Gasteiger partial charge < -0.3 is 5.73 Å². The lowest BCUT2D eigenvalue weighted by Gasteiger charge is -2.17. The highest BCUT2D eigenvalue weighted by atomic mass is 32.2. The number of nitrogens with one attached hydrogen (secondary N) is 1. The van der Waals surface area contributed by atoms with Gasteiger partial charge in [0.15, 0.2) is 16.1 Å². The van der Waals surface area contributed by atoms with Crippen LogP contribution >= 0.6 is 24.0 Å². The lowest BCUT2D eigenvalue weighted by atomic mass is 10.2. The van der Waals surface area contributed by atoms with E-state index in [9.17, 15) is 4.79 Å². The highest BCUT2D eigenvalue weighted by Crippen LogP contribution is 2.23. The number of thiocarbonyl (C=S) groups is 1. The zero-order chi connectivity index (χ0) is 17.5. The second-order valence-electron chi connectivity index (χ2n) is 4.79. The monoisotopic (exact) mass is 362 g/mol. The van der Waals surface area contributed by atoms with E-state index in [1.54, 1.807) is 13.1 Å². The van der Waals surface area contributed by atoms with Crippen LogP contribution in [0.15, 0.2) is 48.1 Å². The fourth-order valence-electron chi connectivity index (χ4n) is 1.89. The van der Waals surface area contributed by atoms with Crippen molar-refractivity contribution in [2.24, 2.45) is 5.73 Å². The van der Waals surface area contributed by atoms with E-state index in [-0.39, 0.29) is 16.8 Å². The molecule has 0 aliphatic heterocycles. The van der Waals surface area contributed by atoms with E-state index in [2.05, 4.69) is 22.2 Å². The Labute approximate surface area is 149 Å². The molecule has 9 heteroatoms. The van der Waals surface area contributed by atoms with E-state index in [1.165, 1.54) is 16.8 Å². The Balaban J connectivity index is 2.11. The molecule has 0 aliphatic rings. The molecule has 0 spiro atoms. The standard InChI is InChI=1S/C15H18N6OS2/c1-3-9-21-13(11-7-5-4-6-8-11)17-18-15(21)24-10-12(22)19-20(2)14(16)23/h3-8H,1,9-10H2,2H3,(H2,16,23)(H,19,22). The third-order valence-corrected chi connectivity index (χ3v) is 4.26. The molecule has 24 heavy (non-hydrogen) atoms. The number of aromatic nitrogens is 3. The van der Waals surface area contributed by atoms with Crippen LogP contribution in [0.25, 0.3) is 11.4 Å². The lowest BCUT2D eigenvalue weighted by molar-refractivity contribution is -0.121. The predicted molar refractivity (Wildman–Crippen MR) is 99.1 cm³/mol. The number of nitrogens with two attached hydrogens (primary N) is 1. The van der Waals surface area contributed by atoms with Crippen molar-refractivity contribution in [1.29, 1.82) is 0 Å². The van der Waals surface area contributed by atoms with E-state index in [1.807, 2.05) is 34.9 Å². The smallest absolute Gasteiger partial charge is 0.249 e. The van der Waals surface area contributed by atoms with Crippen LogP contribution in [0.1, 0.15) is 0 Å². The summed E-state index contributed by atoms with van der Waals surface area (Å²) in [4.78, 5) is 11.9. The van der Waals surface area contributed by atoms with Crippen molar-refractivity contribution in [3.05, 3.63) is 43.0 Å². The number of amides is 1. The molecule has 1 heterocycles. The molecule has 7 nitrogen and oxygen atoms in total. The molecule has 126 valence electrons. The quantitative estimate of drug-likeness (QED) is 0.348.